The standard InChI is InChI=1S/C10H13NO2/c1-5-4-8(10(12)13)6(2)7(3)9(5)11/h4H,11H2,1-3H3,(H,12,13). The summed E-state index contributed by atoms with van der Waals surface area (Å²) in [5, 5.41) is 8.86. The van der Waals surface area contributed by atoms with Gasteiger partial charge in [0.2, 0.25) is 0 Å². The van der Waals surface area contributed by atoms with Gasteiger partial charge in [0.05, 0.1) is 5.56 Å². The van der Waals surface area contributed by atoms with E-state index < -0.39 is 5.97 Å². The predicted octanol–water partition coefficient (Wildman–Crippen LogP) is 1.89. The lowest BCUT2D eigenvalue weighted by Gasteiger charge is -2.10. The first-order valence-electron chi connectivity index (χ1n) is 4.04. The van der Waals surface area contributed by atoms with Gasteiger partial charge in [-0.3, -0.25) is 0 Å². The summed E-state index contributed by atoms with van der Waals surface area (Å²) >= 11 is 0. The van der Waals surface area contributed by atoms with Crippen LogP contribution in [0.15, 0.2) is 6.07 Å². The van der Waals surface area contributed by atoms with E-state index in [-0.39, 0.29) is 0 Å². The van der Waals surface area contributed by atoms with Gasteiger partial charge >= 0.3 is 5.97 Å². The van der Waals surface area contributed by atoms with Gasteiger partial charge in [-0.1, -0.05) is 0 Å². The Morgan fingerprint density at radius 3 is 2.31 bits per heavy atom. The van der Waals surface area contributed by atoms with Gasteiger partial charge in [-0.05, 0) is 43.5 Å². The average molecular weight is 179 g/mol. The minimum atomic E-state index is -0.899. The van der Waals surface area contributed by atoms with Crippen LogP contribution in [0, 0.1) is 20.8 Å². The lowest BCUT2D eigenvalue weighted by atomic mass is 9.98. The number of rotatable bonds is 1. The van der Waals surface area contributed by atoms with E-state index in [1.807, 2.05) is 13.8 Å². The van der Waals surface area contributed by atoms with E-state index in [4.69, 9.17) is 10.8 Å². The van der Waals surface area contributed by atoms with E-state index in [1.165, 1.54) is 0 Å². The topological polar surface area (TPSA) is 63.3 Å². The highest BCUT2D eigenvalue weighted by atomic mass is 16.4. The third kappa shape index (κ3) is 1.49. The number of hydrogen-bond donors (Lipinski definition) is 2. The Hall–Kier alpha value is -1.51. The van der Waals surface area contributed by atoms with Crippen molar-refractivity contribution in [3.63, 3.8) is 0 Å². The molecule has 0 heterocycles. The third-order valence-electron chi connectivity index (χ3n) is 2.39. The monoisotopic (exact) mass is 179 g/mol. The summed E-state index contributed by atoms with van der Waals surface area (Å²) < 4.78 is 0. The van der Waals surface area contributed by atoms with E-state index >= 15 is 0 Å². The number of hydrogen-bond acceptors (Lipinski definition) is 2. The van der Waals surface area contributed by atoms with Gasteiger partial charge in [0.25, 0.3) is 0 Å². The van der Waals surface area contributed by atoms with Gasteiger partial charge in [-0.15, -0.1) is 0 Å². The smallest absolute Gasteiger partial charge is 0.335 e. The summed E-state index contributed by atoms with van der Waals surface area (Å²) in [5.74, 6) is -0.899. The first kappa shape index (κ1) is 9.58. The molecule has 3 nitrogen and oxygen atoms in total. The molecule has 0 aliphatic rings. The van der Waals surface area contributed by atoms with Gasteiger partial charge in [0, 0.05) is 5.69 Å². The lowest BCUT2D eigenvalue weighted by molar-refractivity contribution is 0.0696. The molecule has 0 aliphatic heterocycles. The zero-order chi connectivity index (χ0) is 10.2. The average Bonchev–Trinajstić information content (AvgIpc) is 2.07. The zero-order valence-corrected chi connectivity index (χ0v) is 8.01. The van der Waals surface area contributed by atoms with Crippen molar-refractivity contribution in [2.24, 2.45) is 0 Å². The molecule has 1 aromatic carbocycles. The molecule has 0 aromatic heterocycles. The fourth-order valence-corrected chi connectivity index (χ4v) is 1.32. The maximum absolute atomic E-state index is 10.8. The maximum Gasteiger partial charge on any atom is 0.335 e. The van der Waals surface area contributed by atoms with Gasteiger partial charge in [0.1, 0.15) is 0 Å². The molecule has 70 valence electrons. The molecule has 0 bridgehead atoms. The minimum Gasteiger partial charge on any atom is -0.478 e. The first-order chi connectivity index (χ1) is 5.95. The van der Waals surface area contributed by atoms with Crippen LogP contribution in [0.25, 0.3) is 0 Å². The third-order valence-corrected chi connectivity index (χ3v) is 2.39. The first-order valence-corrected chi connectivity index (χ1v) is 4.04. The number of carboxylic acids is 1. The Balaban J connectivity index is 3.50. The summed E-state index contributed by atoms with van der Waals surface area (Å²) in [4.78, 5) is 10.8. The van der Waals surface area contributed by atoms with Gasteiger partial charge in [-0.25, -0.2) is 4.79 Å². The second kappa shape index (κ2) is 3.09. The molecule has 0 saturated heterocycles. The van der Waals surface area contributed by atoms with Crippen LogP contribution < -0.4 is 5.73 Å². The molecule has 3 N–H and O–H groups in total. The van der Waals surface area contributed by atoms with Crippen LogP contribution in [0.5, 0.6) is 0 Å². The molecule has 0 radical (unpaired) electrons. The second-order valence-corrected chi connectivity index (χ2v) is 3.21. The number of nitrogen functional groups attached to an aromatic ring is 1. The number of carbonyl (C=O) groups is 1. The van der Waals surface area contributed by atoms with Crippen molar-refractivity contribution < 1.29 is 9.90 Å². The highest BCUT2D eigenvalue weighted by Crippen LogP contribution is 2.23. The van der Waals surface area contributed by atoms with Crippen LogP contribution in [0.1, 0.15) is 27.0 Å². The predicted molar refractivity (Wildman–Crippen MR) is 52.0 cm³/mol. The highest BCUT2D eigenvalue weighted by Gasteiger charge is 2.12. The second-order valence-electron chi connectivity index (χ2n) is 3.21. The largest absolute Gasteiger partial charge is 0.478 e. The molecular formula is C10H13NO2. The molecule has 0 fully saturated rings. The van der Waals surface area contributed by atoms with Crippen molar-refractivity contribution in [3.05, 3.63) is 28.3 Å². The molecular weight excluding hydrogens is 166 g/mol. The van der Waals surface area contributed by atoms with Crippen molar-refractivity contribution in [1.82, 2.24) is 0 Å². The summed E-state index contributed by atoms with van der Waals surface area (Å²) in [6.45, 7) is 5.42. The summed E-state index contributed by atoms with van der Waals surface area (Å²) in [5.41, 5.74) is 9.20. The number of nitrogens with two attached hydrogens (primary N) is 1. The van der Waals surface area contributed by atoms with Gasteiger partial charge in [0.15, 0.2) is 0 Å². The van der Waals surface area contributed by atoms with E-state index in [9.17, 15) is 4.79 Å². The van der Waals surface area contributed by atoms with Crippen LogP contribution in [-0.4, -0.2) is 11.1 Å². The van der Waals surface area contributed by atoms with Gasteiger partial charge < -0.3 is 10.8 Å². The van der Waals surface area contributed by atoms with Crippen molar-refractivity contribution in [3.8, 4) is 0 Å². The van der Waals surface area contributed by atoms with Crippen molar-refractivity contribution in [1.29, 1.82) is 0 Å². The number of aryl methyl sites for hydroxylation is 1. The van der Waals surface area contributed by atoms with E-state index in [0.29, 0.717) is 11.3 Å². The summed E-state index contributed by atoms with van der Waals surface area (Å²) in [7, 11) is 0. The Labute approximate surface area is 77.2 Å². The molecule has 1 aromatic rings. The van der Waals surface area contributed by atoms with E-state index in [0.717, 1.165) is 16.7 Å². The fraction of sp³-hybridized carbons (Fsp3) is 0.300. The molecule has 0 amide bonds. The molecule has 13 heavy (non-hydrogen) atoms. The fourth-order valence-electron chi connectivity index (χ4n) is 1.32. The van der Waals surface area contributed by atoms with E-state index in [1.54, 1.807) is 13.0 Å². The lowest BCUT2D eigenvalue weighted by Crippen LogP contribution is -2.05. The maximum atomic E-state index is 10.8. The van der Waals surface area contributed by atoms with Crippen LogP contribution in [0.3, 0.4) is 0 Å². The quantitative estimate of drug-likeness (QED) is 0.647. The SMILES string of the molecule is Cc1cc(C(=O)O)c(C)c(C)c1N. The molecule has 0 aliphatic carbocycles. The number of carboxylic acid groups (broad SMARTS) is 1. The summed E-state index contributed by atoms with van der Waals surface area (Å²) in [6.07, 6.45) is 0. The highest BCUT2D eigenvalue weighted by molar-refractivity contribution is 5.91. The van der Waals surface area contributed by atoms with Crippen LogP contribution in [0.4, 0.5) is 5.69 Å². The Morgan fingerprint density at radius 1 is 1.31 bits per heavy atom. The van der Waals surface area contributed by atoms with Crippen LogP contribution >= 0.6 is 0 Å². The zero-order valence-electron chi connectivity index (χ0n) is 8.01. The normalized spacial score (nSPS) is 10.1. The number of benzene rings is 1. The molecule has 0 saturated carbocycles. The van der Waals surface area contributed by atoms with Crippen LogP contribution in [0.2, 0.25) is 0 Å². The molecule has 1 rings (SSSR count). The van der Waals surface area contributed by atoms with Gasteiger partial charge in [-0.2, -0.15) is 0 Å². The number of aromatic carboxylic acids is 1. The van der Waals surface area contributed by atoms with Crippen LogP contribution in [-0.2, 0) is 0 Å². The Morgan fingerprint density at radius 2 is 1.85 bits per heavy atom. The van der Waals surface area contributed by atoms with E-state index in [2.05, 4.69) is 0 Å². The molecule has 0 atom stereocenters. The summed E-state index contributed by atoms with van der Waals surface area (Å²) in [6, 6.07) is 1.61. The Kier molecular flexibility index (Phi) is 2.28. The molecule has 3 heteroatoms. The van der Waals surface area contributed by atoms with Crippen molar-refractivity contribution in [2.75, 3.05) is 5.73 Å². The van der Waals surface area contributed by atoms with Crippen molar-refractivity contribution in [2.45, 2.75) is 20.8 Å². The Bertz CT molecular complexity index is 370. The molecule has 0 spiro atoms. The minimum absolute atomic E-state index is 0.337. The van der Waals surface area contributed by atoms with Crippen molar-refractivity contribution >= 4 is 11.7 Å². The number of anilines is 1. The molecule has 0 unspecified atom stereocenters.